The molecule has 2 atom stereocenters. The number of carbonyl (C=O) groups is 1. The highest BCUT2D eigenvalue weighted by Gasteiger charge is 2.23. The summed E-state index contributed by atoms with van der Waals surface area (Å²) < 4.78 is 10.6. The van der Waals surface area contributed by atoms with E-state index >= 15 is 0 Å². The topological polar surface area (TPSA) is 47.6 Å². The van der Waals surface area contributed by atoms with Gasteiger partial charge in [-0.25, -0.2) is 4.79 Å². The summed E-state index contributed by atoms with van der Waals surface area (Å²) >= 11 is 0. The summed E-state index contributed by atoms with van der Waals surface area (Å²) in [6, 6.07) is -0.137. The van der Waals surface area contributed by atoms with Gasteiger partial charge in [0.15, 0.2) is 6.10 Å². The number of carbonyl (C=O) groups excluding carboxylic acids is 1. The van der Waals surface area contributed by atoms with Crippen LogP contribution >= 0.6 is 0 Å². The summed E-state index contributed by atoms with van der Waals surface area (Å²) in [5.74, 6) is 2.27. The van der Waals surface area contributed by atoms with Crippen LogP contribution in [0.15, 0.2) is 23.9 Å². The second kappa shape index (κ2) is 7.65. The fourth-order valence-corrected chi connectivity index (χ4v) is 1.77. The number of esters is 1. The van der Waals surface area contributed by atoms with Crippen LogP contribution in [0.25, 0.3) is 0 Å². The van der Waals surface area contributed by atoms with Crippen molar-refractivity contribution in [2.75, 3.05) is 6.61 Å². The van der Waals surface area contributed by atoms with Gasteiger partial charge in [0, 0.05) is 6.42 Å². The van der Waals surface area contributed by atoms with E-state index in [1.54, 1.807) is 13.1 Å². The summed E-state index contributed by atoms with van der Waals surface area (Å²) in [6.07, 6.45) is 10.8. The summed E-state index contributed by atoms with van der Waals surface area (Å²) in [4.78, 5) is 11.8. The van der Waals surface area contributed by atoms with Gasteiger partial charge < -0.3 is 14.8 Å². The molecule has 0 radical (unpaired) electrons. The number of hydrogen-bond acceptors (Lipinski definition) is 4. The lowest BCUT2D eigenvalue weighted by atomic mass is 10.0. The molecule has 104 valence electrons. The van der Waals surface area contributed by atoms with Crippen molar-refractivity contribution in [2.45, 2.75) is 45.4 Å². The van der Waals surface area contributed by atoms with Crippen LogP contribution in [-0.4, -0.2) is 30.8 Å². The van der Waals surface area contributed by atoms with Crippen molar-refractivity contribution in [1.82, 2.24) is 5.32 Å². The van der Waals surface area contributed by atoms with Gasteiger partial charge in [0.25, 0.3) is 0 Å². The van der Waals surface area contributed by atoms with Gasteiger partial charge in [-0.3, -0.25) is 0 Å². The second-order valence-corrected chi connectivity index (χ2v) is 4.52. The highest BCUT2D eigenvalue weighted by molar-refractivity contribution is 5.75. The van der Waals surface area contributed by atoms with Gasteiger partial charge in [-0.1, -0.05) is 5.92 Å². The molecular formula is C15H21NO3. The second-order valence-electron chi connectivity index (χ2n) is 4.52. The molecule has 1 aliphatic rings. The van der Waals surface area contributed by atoms with Crippen LogP contribution in [0, 0.1) is 12.3 Å². The van der Waals surface area contributed by atoms with Crippen molar-refractivity contribution in [3.8, 4) is 12.3 Å². The van der Waals surface area contributed by atoms with Crippen molar-refractivity contribution < 1.29 is 14.3 Å². The largest absolute Gasteiger partial charge is 0.464 e. The molecule has 1 N–H and O–H groups in total. The quantitative estimate of drug-likeness (QED) is 0.586. The summed E-state index contributed by atoms with van der Waals surface area (Å²) in [5.41, 5.74) is 0.973. The van der Waals surface area contributed by atoms with E-state index in [0.29, 0.717) is 13.0 Å². The molecule has 4 nitrogen and oxygen atoms in total. The van der Waals surface area contributed by atoms with E-state index in [-0.39, 0.29) is 18.1 Å². The Bertz CT molecular complexity index is 404. The Morgan fingerprint density at radius 3 is 2.89 bits per heavy atom. The lowest BCUT2D eigenvalue weighted by Gasteiger charge is -2.21. The first-order valence-corrected chi connectivity index (χ1v) is 6.48. The predicted molar refractivity (Wildman–Crippen MR) is 74.2 cm³/mol. The first-order chi connectivity index (χ1) is 9.06. The Morgan fingerprint density at radius 1 is 1.58 bits per heavy atom. The molecule has 0 spiro atoms. The van der Waals surface area contributed by atoms with Gasteiger partial charge in [-0.15, -0.1) is 6.42 Å². The SMILES string of the molecule is C#CC1C=C(CC(OC(C)C)C(=O)OCC)C=CN1. The Morgan fingerprint density at radius 2 is 2.32 bits per heavy atom. The molecule has 0 aromatic heterocycles. The van der Waals surface area contributed by atoms with Crippen molar-refractivity contribution in [3.05, 3.63) is 23.9 Å². The molecule has 0 aliphatic carbocycles. The third kappa shape index (κ3) is 5.19. The van der Waals surface area contributed by atoms with Gasteiger partial charge in [0.2, 0.25) is 0 Å². The van der Waals surface area contributed by atoms with Crippen LogP contribution in [0.2, 0.25) is 0 Å². The highest BCUT2D eigenvalue weighted by atomic mass is 16.6. The molecule has 1 heterocycles. The summed E-state index contributed by atoms with van der Waals surface area (Å²) in [5, 5.41) is 3.02. The number of ether oxygens (including phenoxy) is 2. The third-order valence-electron chi connectivity index (χ3n) is 2.54. The van der Waals surface area contributed by atoms with E-state index in [1.165, 1.54) is 0 Å². The van der Waals surface area contributed by atoms with E-state index in [9.17, 15) is 4.79 Å². The molecule has 19 heavy (non-hydrogen) atoms. The molecule has 0 aromatic carbocycles. The number of hydrogen-bond donors (Lipinski definition) is 1. The zero-order valence-corrected chi connectivity index (χ0v) is 11.7. The molecule has 4 heteroatoms. The Balaban J connectivity index is 2.71. The fraction of sp³-hybridized carbons (Fsp3) is 0.533. The maximum Gasteiger partial charge on any atom is 0.335 e. The lowest BCUT2D eigenvalue weighted by Crippen LogP contribution is -2.31. The van der Waals surface area contributed by atoms with Crippen LogP contribution < -0.4 is 5.32 Å². The molecule has 1 rings (SSSR count). The summed E-state index contributed by atoms with van der Waals surface area (Å²) in [6.45, 7) is 5.91. The van der Waals surface area contributed by atoms with E-state index in [1.807, 2.05) is 26.0 Å². The van der Waals surface area contributed by atoms with E-state index < -0.39 is 6.10 Å². The maximum absolute atomic E-state index is 11.8. The number of dihydropyridines is 1. The standard InChI is InChI=1S/C15H21NO3/c1-5-13-9-12(7-8-16-13)10-14(19-11(3)4)15(17)18-6-2/h1,7-9,11,13-14,16H,6,10H2,2-4H3. The average molecular weight is 263 g/mol. The zero-order valence-electron chi connectivity index (χ0n) is 11.7. The minimum absolute atomic E-state index is 0.0378. The Labute approximate surface area is 114 Å². The monoisotopic (exact) mass is 263 g/mol. The van der Waals surface area contributed by atoms with Crippen LogP contribution in [0.5, 0.6) is 0 Å². The minimum Gasteiger partial charge on any atom is -0.464 e. The van der Waals surface area contributed by atoms with Gasteiger partial charge >= 0.3 is 5.97 Å². The number of terminal acetylenes is 1. The normalized spacial score (nSPS) is 19.3. The average Bonchev–Trinajstić information content (AvgIpc) is 2.38. The molecule has 0 saturated carbocycles. The number of rotatable bonds is 6. The van der Waals surface area contributed by atoms with Gasteiger partial charge in [0.1, 0.15) is 6.04 Å². The number of allylic oxidation sites excluding steroid dienone is 1. The zero-order chi connectivity index (χ0) is 14.3. The first-order valence-electron chi connectivity index (χ1n) is 6.48. The molecular weight excluding hydrogens is 242 g/mol. The van der Waals surface area contributed by atoms with Crippen molar-refractivity contribution >= 4 is 5.97 Å². The van der Waals surface area contributed by atoms with Gasteiger partial charge in [-0.05, 0) is 44.7 Å². The van der Waals surface area contributed by atoms with E-state index in [2.05, 4.69) is 11.2 Å². The van der Waals surface area contributed by atoms with E-state index in [0.717, 1.165) is 5.57 Å². The predicted octanol–water partition coefficient (Wildman–Crippen LogP) is 1.78. The van der Waals surface area contributed by atoms with Crippen molar-refractivity contribution in [1.29, 1.82) is 0 Å². The van der Waals surface area contributed by atoms with Crippen molar-refractivity contribution in [3.63, 3.8) is 0 Å². The number of nitrogens with one attached hydrogen (secondary N) is 1. The Hall–Kier alpha value is -1.73. The highest BCUT2D eigenvalue weighted by Crippen LogP contribution is 2.16. The molecule has 1 aliphatic heterocycles. The third-order valence-corrected chi connectivity index (χ3v) is 2.54. The molecule has 0 aromatic rings. The first kappa shape index (κ1) is 15.3. The maximum atomic E-state index is 11.8. The van der Waals surface area contributed by atoms with E-state index in [4.69, 9.17) is 15.9 Å². The molecule has 0 fully saturated rings. The van der Waals surface area contributed by atoms with Gasteiger partial charge in [-0.2, -0.15) is 0 Å². The van der Waals surface area contributed by atoms with Crippen LogP contribution in [0.3, 0.4) is 0 Å². The fourth-order valence-electron chi connectivity index (χ4n) is 1.77. The minimum atomic E-state index is -0.590. The van der Waals surface area contributed by atoms with Crippen LogP contribution in [-0.2, 0) is 14.3 Å². The summed E-state index contributed by atoms with van der Waals surface area (Å²) in [7, 11) is 0. The smallest absolute Gasteiger partial charge is 0.335 e. The molecule has 0 saturated heterocycles. The molecule has 0 bridgehead atoms. The van der Waals surface area contributed by atoms with Crippen molar-refractivity contribution in [2.24, 2.45) is 0 Å². The Kier molecular flexibility index (Phi) is 6.17. The lowest BCUT2D eigenvalue weighted by molar-refractivity contribution is -0.159. The molecule has 2 unspecified atom stereocenters. The van der Waals surface area contributed by atoms with Crippen LogP contribution in [0.4, 0.5) is 0 Å². The van der Waals surface area contributed by atoms with Crippen LogP contribution in [0.1, 0.15) is 27.2 Å². The molecule has 0 amide bonds. The van der Waals surface area contributed by atoms with Gasteiger partial charge in [0.05, 0.1) is 12.7 Å².